The average molecular weight is 384 g/mol. The zero-order valence-corrected chi connectivity index (χ0v) is 14.2. The topological polar surface area (TPSA) is 102 Å². The summed E-state index contributed by atoms with van der Waals surface area (Å²) in [7, 11) is 0. The quantitative estimate of drug-likeness (QED) is 0.660. The Bertz CT molecular complexity index is 948. The van der Waals surface area contributed by atoms with Gasteiger partial charge in [0.1, 0.15) is 5.52 Å². The molecule has 7 nitrogen and oxygen atoms in total. The van der Waals surface area contributed by atoms with E-state index in [1.807, 2.05) is 13.8 Å². The van der Waals surface area contributed by atoms with Gasteiger partial charge in [-0.1, -0.05) is 27.5 Å². The van der Waals surface area contributed by atoms with Crippen LogP contribution < -0.4 is 11.4 Å². The van der Waals surface area contributed by atoms with E-state index in [0.29, 0.717) is 11.2 Å². The van der Waals surface area contributed by atoms with Crippen molar-refractivity contribution in [2.24, 2.45) is 0 Å². The summed E-state index contributed by atoms with van der Waals surface area (Å²) in [5.74, 6) is 0.0139. The van der Waals surface area contributed by atoms with Crippen molar-refractivity contribution in [3.63, 3.8) is 0 Å². The number of pyridine rings is 1. The second-order valence-corrected chi connectivity index (χ2v) is 6.07. The number of fused-ring (bicyclic) bond motifs is 1. The molecule has 0 atom stereocenters. The van der Waals surface area contributed by atoms with Crippen molar-refractivity contribution >= 4 is 44.6 Å². The summed E-state index contributed by atoms with van der Waals surface area (Å²) in [5.41, 5.74) is 8.75. The average Bonchev–Trinajstić information content (AvgIpc) is 2.76. The maximum absolute atomic E-state index is 12.2. The van der Waals surface area contributed by atoms with E-state index in [4.69, 9.17) is 17.3 Å². The first-order valence-corrected chi connectivity index (χ1v) is 7.57. The van der Waals surface area contributed by atoms with Crippen LogP contribution in [0.25, 0.3) is 11.2 Å². The maximum atomic E-state index is 12.2. The summed E-state index contributed by atoms with van der Waals surface area (Å²) >= 11 is 9.51. The predicted octanol–water partition coefficient (Wildman–Crippen LogP) is 2.18. The highest BCUT2D eigenvalue weighted by atomic mass is 79.9. The Morgan fingerprint density at radius 1 is 1.41 bits per heavy atom. The molecule has 0 saturated carbocycles. The van der Waals surface area contributed by atoms with Gasteiger partial charge in [-0.2, -0.15) is 9.97 Å². The van der Waals surface area contributed by atoms with E-state index in [1.165, 1.54) is 4.57 Å². The Kier molecular flexibility index (Phi) is 3.65. The molecule has 3 rings (SSSR count). The third-order valence-corrected chi connectivity index (χ3v) is 4.92. The van der Waals surface area contributed by atoms with E-state index < -0.39 is 0 Å². The van der Waals surface area contributed by atoms with Crippen molar-refractivity contribution in [3.8, 4) is 0 Å². The molecule has 0 radical (unpaired) electrons. The molecule has 0 unspecified atom stereocenters. The van der Waals surface area contributed by atoms with Crippen LogP contribution in [0.1, 0.15) is 16.8 Å². The summed E-state index contributed by atoms with van der Waals surface area (Å²) < 4.78 is 2.41. The summed E-state index contributed by atoms with van der Waals surface area (Å²) in [6.45, 7) is 4.16. The van der Waals surface area contributed by atoms with Gasteiger partial charge in [-0.25, -0.2) is 4.79 Å². The van der Waals surface area contributed by atoms with Gasteiger partial charge < -0.3 is 10.7 Å². The van der Waals surface area contributed by atoms with Crippen LogP contribution in [0.3, 0.4) is 0 Å². The minimum absolute atomic E-state index is 0.0139. The molecule has 0 aliphatic carbocycles. The van der Waals surface area contributed by atoms with Crippen molar-refractivity contribution in [2.75, 3.05) is 5.73 Å². The van der Waals surface area contributed by atoms with Crippen molar-refractivity contribution in [2.45, 2.75) is 20.4 Å². The first kappa shape index (κ1) is 15.0. The van der Waals surface area contributed by atoms with Gasteiger partial charge in [0.05, 0.1) is 12.2 Å². The molecule has 3 aromatic heterocycles. The summed E-state index contributed by atoms with van der Waals surface area (Å²) in [6.07, 6.45) is 1.75. The molecule has 0 fully saturated rings. The highest BCUT2D eigenvalue weighted by molar-refractivity contribution is 9.10. The van der Waals surface area contributed by atoms with E-state index >= 15 is 0 Å². The van der Waals surface area contributed by atoms with Gasteiger partial charge in [0, 0.05) is 10.7 Å². The number of H-pyrrole nitrogens is 1. The Labute approximate surface area is 138 Å². The SMILES string of the molecule is Cc1cnc(Cn2c(=O)[nH]c3c(Cl)nc(N)nc32)c(C)c1Br. The van der Waals surface area contributed by atoms with E-state index in [-0.39, 0.29) is 23.3 Å². The van der Waals surface area contributed by atoms with Gasteiger partial charge in [0.15, 0.2) is 10.8 Å². The van der Waals surface area contributed by atoms with Crippen molar-refractivity contribution < 1.29 is 0 Å². The standard InChI is InChI=1S/C13H12BrClN6O/c1-5-3-17-7(6(2)8(5)14)4-21-11-9(18-13(21)22)10(15)19-12(16)20-11/h3H,4H2,1-2H3,(H,18,22)(H2,16,19,20). The maximum Gasteiger partial charge on any atom is 0.328 e. The van der Waals surface area contributed by atoms with Crippen LogP contribution in [0.2, 0.25) is 5.15 Å². The minimum atomic E-state index is -0.338. The molecule has 0 bridgehead atoms. The Morgan fingerprint density at radius 2 is 2.14 bits per heavy atom. The number of nitrogens with zero attached hydrogens (tertiary/aromatic N) is 4. The molecule has 3 aromatic rings. The molecule has 9 heteroatoms. The lowest BCUT2D eigenvalue weighted by molar-refractivity contribution is 0.749. The number of aromatic nitrogens is 5. The number of imidazole rings is 1. The van der Waals surface area contributed by atoms with E-state index in [1.54, 1.807) is 6.20 Å². The van der Waals surface area contributed by atoms with E-state index in [0.717, 1.165) is 21.3 Å². The fourth-order valence-electron chi connectivity index (χ4n) is 2.22. The zero-order chi connectivity index (χ0) is 16.0. The fraction of sp³-hybridized carbons (Fsp3) is 0.231. The number of nitrogens with one attached hydrogen (secondary N) is 1. The number of hydrogen-bond donors (Lipinski definition) is 2. The zero-order valence-electron chi connectivity index (χ0n) is 11.8. The highest BCUT2D eigenvalue weighted by Gasteiger charge is 2.15. The second kappa shape index (κ2) is 5.36. The molecule has 0 aromatic carbocycles. The number of halogens is 2. The van der Waals surface area contributed by atoms with Gasteiger partial charge in [0.25, 0.3) is 0 Å². The normalized spacial score (nSPS) is 11.3. The lowest BCUT2D eigenvalue weighted by Crippen LogP contribution is -2.19. The highest BCUT2D eigenvalue weighted by Crippen LogP contribution is 2.23. The van der Waals surface area contributed by atoms with E-state index in [9.17, 15) is 4.79 Å². The number of nitrogens with two attached hydrogens (primary N) is 1. The molecule has 22 heavy (non-hydrogen) atoms. The van der Waals surface area contributed by atoms with Crippen LogP contribution in [-0.4, -0.2) is 24.5 Å². The lowest BCUT2D eigenvalue weighted by Gasteiger charge is -2.09. The molecule has 0 amide bonds. The number of rotatable bonds is 2. The second-order valence-electron chi connectivity index (χ2n) is 4.91. The molecule has 0 aliphatic rings. The van der Waals surface area contributed by atoms with E-state index in [2.05, 4.69) is 35.9 Å². The first-order valence-electron chi connectivity index (χ1n) is 6.40. The molecular formula is C13H12BrClN6O. The van der Waals surface area contributed by atoms with Crippen LogP contribution in [0.15, 0.2) is 15.5 Å². The van der Waals surface area contributed by atoms with Gasteiger partial charge in [-0.15, -0.1) is 0 Å². The van der Waals surface area contributed by atoms with Gasteiger partial charge in [0.2, 0.25) is 5.95 Å². The van der Waals surface area contributed by atoms with Gasteiger partial charge in [-0.05, 0) is 25.0 Å². The van der Waals surface area contributed by atoms with Crippen LogP contribution in [0, 0.1) is 13.8 Å². The molecule has 0 spiro atoms. The number of hydrogen-bond acceptors (Lipinski definition) is 5. The fourth-order valence-corrected chi connectivity index (χ4v) is 2.77. The molecule has 3 N–H and O–H groups in total. The van der Waals surface area contributed by atoms with Crippen molar-refractivity contribution in [3.05, 3.63) is 43.1 Å². The smallest absolute Gasteiger partial charge is 0.328 e. The van der Waals surface area contributed by atoms with Crippen LogP contribution in [-0.2, 0) is 6.54 Å². The molecule has 114 valence electrons. The minimum Gasteiger partial charge on any atom is -0.368 e. The van der Waals surface area contributed by atoms with Gasteiger partial charge in [-0.3, -0.25) is 9.55 Å². The number of aromatic amines is 1. The third kappa shape index (κ3) is 2.38. The first-order chi connectivity index (χ1) is 10.4. The Morgan fingerprint density at radius 3 is 2.86 bits per heavy atom. The lowest BCUT2D eigenvalue weighted by atomic mass is 10.1. The molecular weight excluding hydrogens is 372 g/mol. The monoisotopic (exact) mass is 382 g/mol. The molecule has 0 saturated heterocycles. The van der Waals surface area contributed by atoms with Crippen LogP contribution >= 0.6 is 27.5 Å². The van der Waals surface area contributed by atoms with Crippen molar-refractivity contribution in [1.29, 1.82) is 0 Å². The number of anilines is 1. The summed E-state index contributed by atoms with van der Waals surface area (Å²) in [5, 5.41) is 0.119. The molecule has 3 heterocycles. The largest absolute Gasteiger partial charge is 0.368 e. The number of aryl methyl sites for hydroxylation is 1. The summed E-state index contributed by atoms with van der Waals surface area (Å²) in [6, 6.07) is 0. The number of nitrogen functional groups attached to an aromatic ring is 1. The van der Waals surface area contributed by atoms with Crippen LogP contribution in [0.5, 0.6) is 0 Å². The van der Waals surface area contributed by atoms with Crippen LogP contribution in [0.4, 0.5) is 5.95 Å². The Balaban J connectivity index is 2.18. The molecule has 0 aliphatic heterocycles. The van der Waals surface area contributed by atoms with Gasteiger partial charge >= 0.3 is 5.69 Å². The van der Waals surface area contributed by atoms with Crippen molar-refractivity contribution in [1.82, 2.24) is 24.5 Å². The predicted molar refractivity (Wildman–Crippen MR) is 88.1 cm³/mol. The Hall–Kier alpha value is -1.93. The third-order valence-electron chi connectivity index (χ3n) is 3.43. The summed E-state index contributed by atoms with van der Waals surface area (Å²) in [4.78, 5) is 27.1.